The zero-order valence-electron chi connectivity index (χ0n) is 13.0. The van der Waals surface area contributed by atoms with Crippen LogP contribution in [0.1, 0.15) is 5.56 Å². The standard InChI is InChI=1S/C16H16F3N3O2S/c17-16(18,19)13-7-6-12(11-4-2-1-3-5-11)14(15(13)25(20,23)24)22-9-8-21-10-22/h1-7,21H,8-10H2,(H2,20,23,24). The fourth-order valence-electron chi connectivity index (χ4n) is 2.94. The van der Waals surface area contributed by atoms with Crippen LogP contribution in [0.3, 0.4) is 0 Å². The van der Waals surface area contributed by atoms with Gasteiger partial charge in [-0.15, -0.1) is 0 Å². The van der Waals surface area contributed by atoms with Crippen LogP contribution in [0, 0.1) is 0 Å². The number of hydrogen-bond donors (Lipinski definition) is 2. The fourth-order valence-corrected chi connectivity index (χ4v) is 3.94. The predicted octanol–water partition coefficient (Wildman–Crippen LogP) is 2.39. The number of hydrogen-bond acceptors (Lipinski definition) is 4. The second-order valence-corrected chi connectivity index (χ2v) is 7.17. The minimum absolute atomic E-state index is 0.0199. The number of nitrogens with two attached hydrogens (primary N) is 1. The van der Waals surface area contributed by atoms with Crippen molar-refractivity contribution in [1.29, 1.82) is 0 Å². The van der Waals surface area contributed by atoms with E-state index in [2.05, 4.69) is 5.32 Å². The van der Waals surface area contributed by atoms with Gasteiger partial charge in [-0.25, -0.2) is 13.6 Å². The molecule has 9 heteroatoms. The third kappa shape index (κ3) is 3.48. The van der Waals surface area contributed by atoms with Crippen LogP contribution in [0.15, 0.2) is 47.4 Å². The average Bonchev–Trinajstić information content (AvgIpc) is 3.07. The maximum absolute atomic E-state index is 13.4. The van der Waals surface area contributed by atoms with Crippen molar-refractivity contribution in [3.63, 3.8) is 0 Å². The zero-order chi connectivity index (χ0) is 18.2. The van der Waals surface area contributed by atoms with Gasteiger partial charge in [-0.3, -0.25) is 5.32 Å². The SMILES string of the molecule is NS(=O)(=O)c1c(C(F)(F)F)ccc(-c2ccccc2)c1N1CCNC1. The minimum Gasteiger partial charge on any atom is -0.356 e. The van der Waals surface area contributed by atoms with Crippen molar-refractivity contribution in [1.82, 2.24) is 5.32 Å². The van der Waals surface area contributed by atoms with Gasteiger partial charge >= 0.3 is 6.18 Å². The monoisotopic (exact) mass is 371 g/mol. The molecule has 0 radical (unpaired) electrons. The number of alkyl halides is 3. The van der Waals surface area contributed by atoms with Crippen LogP contribution in [0.4, 0.5) is 18.9 Å². The molecular weight excluding hydrogens is 355 g/mol. The summed E-state index contributed by atoms with van der Waals surface area (Å²) in [5.41, 5.74) is -0.269. The molecule has 0 bridgehead atoms. The van der Waals surface area contributed by atoms with Crippen molar-refractivity contribution in [2.45, 2.75) is 11.1 Å². The van der Waals surface area contributed by atoms with E-state index in [1.54, 1.807) is 35.2 Å². The summed E-state index contributed by atoms with van der Waals surface area (Å²) < 4.78 is 64.5. The Hall–Kier alpha value is -2.10. The molecule has 134 valence electrons. The lowest BCUT2D eigenvalue weighted by Crippen LogP contribution is -2.28. The molecule has 3 rings (SSSR count). The molecule has 0 aromatic heterocycles. The number of nitrogens with one attached hydrogen (secondary N) is 1. The smallest absolute Gasteiger partial charge is 0.356 e. The number of benzene rings is 2. The Kier molecular flexibility index (Phi) is 4.48. The lowest BCUT2D eigenvalue weighted by molar-refractivity contribution is -0.139. The first-order valence-electron chi connectivity index (χ1n) is 7.47. The maximum Gasteiger partial charge on any atom is 0.417 e. The second-order valence-electron chi connectivity index (χ2n) is 5.67. The summed E-state index contributed by atoms with van der Waals surface area (Å²) >= 11 is 0. The largest absolute Gasteiger partial charge is 0.417 e. The summed E-state index contributed by atoms with van der Waals surface area (Å²) in [7, 11) is -4.60. The van der Waals surface area contributed by atoms with Crippen molar-refractivity contribution in [3.05, 3.63) is 48.0 Å². The van der Waals surface area contributed by atoms with E-state index in [0.29, 0.717) is 24.2 Å². The predicted molar refractivity (Wildman–Crippen MR) is 88.5 cm³/mol. The summed E-state index contributed by atoms with van der Waals surface area (Å²) in [6.45, 7) is 1.15. The van der Waals surface area contributed by atoms with E-state index in [4.69, 9.17) is 5.14 Å². The van der Waals surface area contributed by atoms with Gasteiger partial charge in [0.05, 0.1) is 17.9 Å². The first-order chi connectivity index (χ1) is 11.7. The number of sulfonamides is 1. The third-order valence-corrected chi connectivity index (χ3v) is 4.97. The number of halogens is 3. The van der Waals surface area contributed by atoms with Crippen LogP contribution in [0.5, 0.6) is 0 Å². The Morgan fingerprint density at radius 3 is 2.28 bits per heavy atom. The molecule has 1 saturated heterocycles. The highest BCUT2D eigenvalue weighted by atomic mass is 32.2. The summed E-state index contributed by atoms with van der Waals surface area (Å²) in [4.78, 5) is 0.683. The third-order valence-electron chi connectivity index (χ3n) is 3.98. The van der Waals surface area contributed by atoms with Crippen LogP contribution < -0.4 is 15.4 Å². The van der Waals surface area contributed by atoms with Crippen LogP contribution in [-0.4, -0.2) is 28.2 Å². The number of primary sulfonamides is 1. The number of anilines is 1. The molecule has 1 aliphatic heterocycles. The van der Waals surface area contributed by atoms with Crippen LogP contribution >= 0.6 is 0 Å². The van der Waals surface area contributed by atoms with Gasteiger partial charge in [-0.1, -0.05) is 36.4 Å². The Labute approximate surface area is 143 Å². The van der Waals surface area contributed by atoms with Crippen LogP contribution in [-0.2, 0) is 16.2 Å². The molecule has 3 N–H and O–H groups in total. The first-order valence-corrected chi connectivity index (χ1v) is 9.02. The van der Waals surface area contributed by atoms with Crippen molar-refractivity contribution in [2.75, 3.05) is 24.7 Å². The van der Waals surface area contributed by atoms with Gasteiger partial charge in [-0.05, 0) is 11.6 Å². The second kappa shape index (κ2) is 6.32. The molecule has 1 heterocycles. The summed E-state index contributed by atoms with van der Waals surface area (Å²) in [5, 5.41) is 8.19. The van der Waals surface area contributed by atoms with Crippen LogP contribution in [0.2, 0.25) is 0 Å². The van der Waals surface area contributed by atoms with Crippen molar-refractivity contribution >= 4 is 15.7 Å². The highest BCUT2D eigenvalue weighted by molar-refractivity contribution is 7.89. The number of nitrogens with zero attached hydrogens (tertiary/aromatic N) is 1. The molecule has 2 aromatic carbocycles. The molecular formula is C16H16F3N3O2S. The van der Waals surface area contributed by atoms with E-state index >= 15 is 0 Å². The van der Waals surface area contributed by atoms with Gasteiger partial charge < -0.3 is 4.90 Å². The van der Waals surface area contributed by atoms with Gasteiger partial charge in [0.25, 0.3) is 0 Å². The molecule has 1 aliphatic rings. The van der Waals surface area contributed by atoms with Crippen molar-refractivity contribution < 1.29 is 21.6 Å². The average molecular weight is 371 g/mol. The summed E-state index contributed by atoms with van der Waals surface area (Å²) in [6.07, 6.45) is -4.83. The Bertz CT molecular complexity index is 877. The van der Waals surface area contributed by atoms with Gasteiger partial charge in [0.15, 0.2) is 0 Å². The molecule has 0 saturated carbocycles. The van der Waals surface area contributed by atoms with E-state index in [-0.39, 0.29) is 12.4 Å². The Balaban J connectivity index is 2.38. The van der Waals surface area contributed by atoms with E-state index in [1.165, 1.54) is 6.07 Å². The molecule has 0 unspecified atom stereocenters. The van der Waals surface area contributed by atoms with Crippen molar-refractivity contribution in [3.8, 4) is 11.1 Å². The van der Waals surface area contributed by atoms with E-state index in [0.717, 1.165) is 6.07 Å². The van der Waals surface area contributed by atoms with Gasteiger partial charge in [-0.2, -0.15) is 13.2 Å². The number of rotatable bonds is 3. The molecule has 0 atom stereocenters. The maximum atomic E-state index is 13.4. The van der Waals surface area contributed by atoms with Gasteiger partial charge in [0.2, 0.25) is 10.0 Å². The van der Waals surface area contributed by atoms with Crippen molar-refractivity contribution in [2.24, 2.45) is 5.14 Å². The lowest BCUT2D eigenvalue weighted by Gasteiger charge is -2.26. The van der Waals surface area contributed by atoms with Gasteiger partial charge in [0.1, 0.15) is 4.90 Å². The highest BCUT2D eigenvalue weighted by Crippen LogP contribution is 2.43. The Morgan fingerprint density at radius 1 is 1.08 bits per heavy atom. The quantitative estimate of drug-likeness (QED) is 0.869. The summed E-state index contributed by atoms with van der Waals surface area (Å²) in [5.74, 6) is 0. The molecule has 1 fully saturated rings. The first kappa shape index (κ1) is 17.7. The van der Waals surface area contributed by atoms with Gasteiger partial charge in [0, 0.05) is 18.7 Å². The lowest BCUT2D eigenvalue weighted by atomic mass is 10.00. The molecule has 0 spiro atoms. The molecule has 2 aromatic rings. The normalized spacial score (nSPS) is 15.6. The molecule has 0 aliphatic carbocycles. The van der Waals surface area contributed by atoms with E-state index in [1.807, 2.05) is 0 Å². The van der Waals surface area contributed by atoms with Crippen LogP contribution in [0.25, 0.3) is 11.1 Å². The molecule has 5 nitrogen and oxygen atoms in total. The minimum atomic E-state index is -4.83. The van der Waals surface area contributed by atoms with E-state index < -0.39 is 26.7 Å². The van der Waals surface area contributed by atoms with E-state index in [9.17, 15) is 21.6 Å². The zero-order valence-corrected chi connectivity index (χ0v) is 13.9. The topological polar surface area (TPSA) is 75.4 Å². The molecule has 0 amide bonds. The highest BCUT2D eigenvalue weighted by Gasteiger charge is 2.40. The fraction of sp³-hybridized carbons (Fsp3) is 0.250. The summed E-state index contributed by atoms with van der Waals surface area (Å²) in [6, 6.07) is 10.7. The Morgan fingerprint density at radius 2 is 1.76 bits per heavy atom. The molecule has 25 heavy (non-hydrogen) atoms.